The van der Waals surface area contributed by atoms with Crippen molar-refractivity contribution in [2.45, 2.75) is 36.9 Å². The van der Waals surface area contributed by atoms with Gasteiger partial charge >= 0.3 is 6.09 Å². The average Bonchev–Trinajstić information content (AvgIpc) is 3.84. The van der Waals surface area contributed by atoms with Gasteiger partial charge < -0.3 is 33.5 Å². The molecule has 16 nitrogen and oxygen atoms in total. The number of nitrogens with one attached hydrogen (secondary N) is 1. The molecule has 16 heteroatoms. The average molecular weight is 777 g/mol. The molecule has 7 rings (SSSR count). The molecule has 1 saturated heterocycles. The number of benzene rings is 4. The number of rotatable bonds is 15. The third kappa shape index (κ3) is 8.18. The maximum absolute atomic E-state index is 12.7. The van der Waals surface area contributed by atoms with E-state index < -0.39 is 35.1 Å². The summed E-state index contributed by atoms with van der Waals surface area (Å²) in [6.07, 6.45) is -1.20. The molecule has 57 heavy (non-hydrogen) atoms. The lowest BCUT2D eigenvalue weighted by atomic mass is 9.80. The third-order valence-electron chi connectivity index (χ3n) is 9.72. The summed E-state index contributed by atoms with van der Waals surface area (Å²) >= 11 is 0. The molecule has 0 bridgehead atoms. The van der Waals surface area contributed by atoms with E-state index in [0.29, 0.717) is 23.4 Å². The predicted molar refractivity (Wildman–Crippen MR) is 206 cm³/mol. The van der Waals surface area contributed by atoms with Gasteiger partial charge in [0, 0.05) is 25.0 Å². The minimum Gasteiger partial charge on any atom is -0.497 e. The monoisotopic (exact) mass is 776 g/mol. The molecule has 4 aromatic carbocycles. The molecule has 0 radical (unpaired) electrons. The number of aliphatic hydroxyl groups excluding tert-OH is 1. The third-order valence-corrected chi connectivity index (χ3v) is 9.72. The number of fused-ring (bicyclic) bond motifs is 1. The van der Waals surface area contributed by atoms with Crippen molar-refractivity contribution in [3.8, 4) is 17.4 Å². The summed E-state index contributed by atoms with van der Waals surface area (Å²) in [5.74, 6) is 1.38. The van der Waals surface area contributed by atoms with Crippen molar-refractivity contribution in [1.29, 1.82) is 0 Å². The Hall–Kier alpha value is -6.62. The minimum atomic E-state index is -1.12. The van der Waals surface area contributed by atoms with Crippen molar-refractivity contribution in [1.82, 2.24) is 19.5 Å². The number of aliphatic hydroxyl groups is 1. The Morgan fingerprint density at radius 3 is 2.12 bits per heavy atom. The van der Waals surface area contributed by atoms with E-state index in [1.165, 1.54) is 25.6 Å². The van der Waals surface area contributed by atoms with E-state index in [2.05, 4.69) is 20.3 Å². The first kappa shape index (κ1) is 38.6. The van der Waals surface area contributed by atoms with E-state index in [1.807, 2.05) is 78.9 Å². The Labute approximate surface area is 327 Å². The summed E-state index contributed by atoms with van der Waals surface area (Å²) in [6, 6.07) is 31.1. The molecule has 2 aromatic heterocycles. The van der Waals surface area contributed by atoms with Crippen LogP contribution in [0.5, 0.6) is 17.4 Å². The number of hydrogen-bond acceptors (Lipinski definition) is 13. The lowest BCUT2D eigenvalue weighted by Gasteiger charge is -2.37. The molecule has 0 spiro atoms. The first-order valence-corrected chi connectivity index (χ1v) is 18.0. The van der Waals surface area contributed by atoms with Crippen molar-refractivity contribution >= 4 is 28.9 Å². The fourth-order valence-electron chi connectivity index (χ4n) is 6.79. The van der Waals surface area contributed by atoms with Crippen LogP contribution in [-0.2, 0) is 26.2 Å². The van der Waals surface area contributed by atoms with Gasteiger partial charge in [0.25, 0.3) is 5.69 Å². The van der Waals surface area contributed by atoms with Gasteiger partial charge in [-0.1, -0.05) is 66.7 Å². The van der Waals surface area contributed by atoms with Crippen LogP contribution in [0.1, 0.15) is 34.9 Å². The van der Waals surface area contributed by atoms with E-state index in [0.717, 1.165) is 22.3 Å². The Morgan fingerprint density at radius 1 is 0.895 bits per heavy atom. The molecule has 1 aliphatic rings. The number of nitrogens with zero attached hydrogens (tertiary/aromatic N) is 5. The largest absolute Gasteiger partial charge is 0.497 e. The second-order valence-corrected chi connectivity index (χ2v) is 13.1. The van der Waals surface area contributed by atoms with Crippen LogP contribution in [0, 0.1) is 10.1 Å². The number of nitro groups is 1. The molecule has 0 saturated carbocycles. The number of anilines is 1. The molecule has 1 aliphatic heterocycles. The predicted octanol–water partition coefficient (Wildman–Crippen LogP) is 6.21. The van der Waals surface area contributed by atoms with Gasteiger partial charge in [-0.05, 0) is 46.5 Å². The molecule has 1 fully saturated rings. The molecule has 294 valence electrons. The normalized spacial score (nSPS) is 16.6. The molecule has 3 heterocycles. The van der Waals surface area contributed by atoms with Gasteiger partial charge in [0.1, 0.15) is 29.4 Å². The number of carbonyl (C=O) groups is 1. The number of nitro benzene ring substituents is 1. The number of carbonyl (C=O) groups excluding carboxylic acids is 1. The number of imidazole rings is 1. The summed E-state index contributed by atoms with van der Waals surface area (Å²) in [5, 5.41) is 24.9. The second-order valence-electron chi connectivity index (χ2n) is 13.1. The maximum atomic E-state index is 12.7. The Kier molecular flexibility index (Phi) is 11.5. The van der Waals surface area contributed by atoms with E-state index in [4.69, 9.17) is 28.4 Å². The Morgan fingerprint density at radius 2 is 1.53 bits per heavy atom. The van der Waals surface area contributed by atoms with Gasteiger partial charge in [-0.3, -0.25) is 20.0 Å². The zero-order valence-corrected chi connectivity index (χ0v) is 31.3. The lowest BCUT2D eigenvalue weighted by molar-refractivity contribution is -0.384. The zero-order chi connectivity index (χ0) is 39.9. The smallest absolute Gasteiger partial charge is 0.414 e. The first-order chi connectivity index (χ1) is 27.7. The Bertz CT molecular complexity index is 2260. The van der Waals surface area contributed by atoms with E-state index in [9.17, 15) is 20.0 Å². The van der Waals surface area contributed by atoms with Crippen LogP contribution < -0.4 is 19.5 Å². The van der Waals surface area contributed by atoms with E-state index in [1.54, 1.807) is 30.9 Å². The highest BCUT2D eigenvalue weighted by molar-refractivity contribution is 5.85. The van der Waals surface area contributed by atoms with Crippen LogP contribution in [0.25, 0.3) is 11.2 Å². The van der Waals surface area contributed by atoms with Crippen molar-refractivity contribution in [2.24, 2.45) is 0 Å². The second kappa shape index (κ2) is 17.0. The number of hydrogen-bond donors (Lipinski definition) is 2. The van der Waals surface area contributed by atoms with Gasteiger partial charge in [0.05, 0.1) is 51.9 Å². The fraction of sp³-hybridized carbons (Fsp3) is 0.268. The van der Waals surface area contributed by atoms with Crippen LogP contribution in [0.4, 0.5) is 16.4 Å². The molecule has 0 aliphatic carbocycles. The highest BCUT2D eigenvalue weighted by Gasteiger charge is 2.42. The van der Waals surface area contributed by atoms with Crippen LogP contribution in [0.2, 0.25) is 0 Å². The standard InChI is InChI=1S/C41H40N6O10/c1-52-31-17-11-28(12-18-31)41(27-7-5-4-6-8-27,29-13-19-32(53-2)20-14-29)56-24-34-33(48)23-35(57-34)46-25-42-36-37(46)43-39(44-38(36)54-3)45-40(49)55-22-21-26-9-15-30(16-10-26)47(50)51/h4-20,25,33-35,48H,21-24H2,1-3H3,(H,43,44,45,49)/t33-,34+,35+/m0/s1. The first-order valence-electron chi connectivity index (χ1n) is 18.0. The highest BCUT2D eigenvalue weighted by atomic mass is 16.6. The minimum absolute atomic E-state index is 0.000700. The molecule has 2 N–H and O–H groups in total. The lowest BCUT2D eigenvalue weighted by Crippen LogP contribution is -2.38. The number of amides is 1. The van der Waals surface area contributed by atoms with Crippen LogP contribution in [0.15, 0.2) is 109 Å². The summed E-state index contributed by atoms with van der Waals surface area (Å²) in [5.41, 5.74) is 2.73. The van der Waals surface area contributed by atoms with Gasteiger partial charge in [-0.2, -0.15) is 9.97 Å². The number of aromatic nitrogens is 4. The quantitative estimate of drug-likeness (QED) is 0.0681. The highest BCUT2D eigenvalue weighted by Crippen LogP contribution is 2.43. The van der Waals surface area contributed by atoms with Gasteiger partial charge in [-0.25, -0.2) is 9.78 Å². The topological polar surface area (TPSA) is 191 Å². The van der Waals surface area contributed by atoms with Crippen LogP contribution in [-0.4, -0.2) is 82.4 Å². The van der Waals surface area contributed by atoms with Crippen molar-refractivity contribution in [2.75, 3.05) is 39.9 Å². The zero-order valence-electron chi connectivity index (χ0n) is 31.3. The molecule has 1 amide bonds. The van der Waals surface area contributed by atoms with E-state index in [-0.39, 0.29) is 42.8 Å². The van der Waals surface area contributed by atoms with Crippen LogP contribution in [0.3, 0.4) is 0 Å². The van der Waals surface area contributed by atoms with E-state index >= 15 is 0 Å². The van der Waals surface area contributed by atoms with Gasteiger partial charge in [-0.15, -0.1) is 0 Å². The van der Waals surface area contributed by atoms with Crippen molar-refractivity contribution < 1.29 is 43.2 Å². The number of methoxy groups -OCH3 is 3. The molecule has 0 unspecified atom stereocenters. The molecular weight excluding hydrogens is 736 g/mol. The maximum Gasteiger partial charge on any atom is 0.414 e. The summed E-state index contributed by atoms with van der Waals surface area (Å²) in [7, 11) is 4.64. The molecule has 6 aromatic rings. The Balaban J connectivity index is 1.10. The molecule has 3 atom stereocenters. The summed E-state index contributed by atoms with van der Waals surface area (Å²) in [6.45, 7) is -0.00518. The number of non-ortho nitro benzene ring substituents is 1. The van der Waals surface area contributed by atoms with Gasteiger partial charge in [0.2, 0.25) is 11.8 Å². The van der Waals surface area contributed by atoms with Crippen LogP contribution >= 0.6 is 0 Å². The fourth-order valence-corrected chi connectivity index (χ4v) is 6.79. The summed E-state index contributed by atoms with van der Waals surface area (Å²) in [4.78, 5) is 36.4. The summed E-state index contributed by atoms with van der Waals surface area (Å²) < 4.78 is 36.8. The van der Waals surface area contributed by atoms with Gasteiger partial charge in [0.15, 0.2) is 11.2 Å². The SMILES string of the molecule is COc1ccc(C(OC[C@H]2O[C@@H](n3cnc4c(OC)nc(NC(=O)OCCc5ccc([N+](=O)[O-])cc5)nc43)C[C@@H]2O)(c2ccccc2)c2ccc(OC)cc2)cc1. The van der Waals surface area contributed by atoms with Crippen molar-refractivity contribution in [3.63, 3.8) is 0 Å². The molecular formula is C41H40N6O10. The number of ether oxygens (including phenoxy) is 6. The van der Waals surface area contributed by atoms with Crippen molar-refractivity contribution in [3.05, 3.63) is 142 Å².